The van der Waals surface area contributed by atoms with Gasteiger partial charge in [0.2, 0.25) is 10.0 Å². The molecule has 3 rings (SSSR count). The smallest absolute Gasteiger partial charge is 0.255 e. The molecule has 9 heteroatoms. The lowest BCUT2D eigenvalue weighted by Gasteiger charge is -2.11. The fraction of sp³-hybridized carbons (Fsp3) is 0.0952. The van der Waals surface area contributed by atoms with Crippen LogP contribution in [0, 0.1) is 5.82 Å². The molecular weight excluding hydrogens is 411 g/mol. The van der Waals surface area contributed by atoms with Gasteiger partial charge in [-0.25, -0.2) is 12.8 Å². The number of phenols is 1. The van der Waals surface area contributed by atoms with E-state index in [9.17, 15) is 22.7 Å². The van der Waals surface area contributed by atoms with Crippen molar-refractivity contribution in [2.24, 2.45) is 0 Å². The van der Waals surface area contributed by atoms with Gasteiger partial charge in [-0.3, -0.25) is 9.52 Å². The Balaban J connectivity index is 1.80. The highest BCUT2D eigenvalue weighted by atomic mass is 32.2. The summed E-state index contributed by atoms with van der Waals surface area (Å²) in [5.74, 6) is -1.10. The third-order valence-corrected chi connectivity index (χ3v) is 4.78. The van der Waals surface area contributed by atoms with Gasteiger partial charge in [0.05, 0.1) is 19.1 Å². The summed E-state index contributed by atoms with van der Waals surface area (Å²) >= 11 is 0. The van der Waals surface area contributed by atoms with E-state index in [4.69, 9.17) is 4.74 Å². The maximum absolute atomic E-state index is 14.4. The van der Waals surface area contributed by atoms with Crippen molar-refractivity contribution in [2.75, 3.05) is 23.4 Å². The normalized spacial score (nSPS) is 11.0. The van der Waals surface area contributed by atoms with Crippen molar-refractivity contribution in [3.05, 3.63) is 72.0 Å². The molecule has 30 heavy (non-hydrogen) atoms. The average molecular weight is 430 g/mol. The SMILES string of the molecule is COc1cccc(-c2ccc(C(=O)Nc3ccc(O)c(NS(C)(=O)=O)c3)cc2)c1F. The van der Waals surface area contributed by atoms with Crippen LogP contribution < -0.4 is 14.8 Å². The first-order chi connectivity index (χ1) is 14.2. The molecule has 156 valence electrons. The molecule has 0 heterocycles. The van der Waals surface area contributed by atoms with Crippen LogP contribution in [0.15, 0.2) is 60.7 Å². The number of carbonyl (C=O) groups is 1. The van der Waals surface area contributed by atoms with E-state index in [2.05, 4.69) is 10.0 Å². The van der Waals surface area contributed by atoms with E-state index < -0.39 is 21.7 Å². The number of carbonyl (C=O) groups excluding carboxylic acids is 1. The second-order valence-corrected chi connectivity index (χ2v) is 8.21. The van der Waals surface area contributed by atoms with E-state index in [-0.39, 0.29) is 22.9 Å². The van der Waals surface area contributed by atoms with Gasteiger partial charge in [0.25, 0.3) is 5.91 Å². The van der Waals surface area contributed by atoms with Crippen LogP contribution in [-0.4, -0.2) is 32.8 Å². The lowest BCUT2D eigenvalue weighted by molar-refractivity contribution is 0.102. The van der Waals surface area contributed by atoms with E-state index in [0.29, 0.717) is 16.7 Å². The van der Waals surface area contributed by atoms with Gasteiger partial charge in [0.15, 0.2) is 11.6 Å². The third-order valence-electron chi connectivity index (χ3n) is 4.19. The number of rotatable bonds is 6. The predicted octanol–water partition coefficient (Wildman–Crippen LogP) is 3.83. The largest absolute Gasteiger partial charge is 0.506 e. The Morgan fingerprint density at radius 3 is 2.40 bits per heavy atom. The number of hydrogen-bond acceptors (Lipinski definition) is 5. The summed E-state index contributed by atoms with van der Waals surface area (Å²) in [7, 11) is -2.21. The number of methoxy groups -OCH3 is 1. The van der Waals surface area contributed by atoms with Gasteiger partial charge in [-0.05, 0) is 42.0 Å². The minimum atomic E-state index is -3.60. The van der Waals surface area contributed by atoms with Crippen molar-refractivity contribution >= 4 is 27.3 Å². The van der Waals surface area contributed by atoms with Gasteiger partial charge in [0.1, 0.15) is 5.75 Å². The maximum Gasteiger partial charge on any atom is 0.255 e. The minimum Gasteiger partial charge on any atom is -0.506 e. The topological polar surface area (TPSA) is 105 Å². The van der Waals surface area contributed by atoms with Crippen molar-refractivity contribution in [1.29, 1.82) is 0 Å². The standard InChI is InChI=1S/C21H19FN2O5S/c1-29-19-5-3-4-16(20(19)22)13-6-8-14(9-7-13)21(26)23-15-10-11-18(25)17(12-15)24-30(2,27)28/h3-12,24-25H,1-2H3,(H,23,26). The van der Waals surface area contributed by atoms with Crippen molar-refractivity contribution in [1.82, 2.24) is 0 Å². The van der Waals surface area contributed by atoms with E-state index in [1.807, 2.05) is 0 Å². The number of amides is 1. The number of nitrogens with one attached hydrogen (secondary N) is 2. The lowest BCUT2D eigenvalue weighted by atomic mass is 10.0. The molecule has 0 radical (unpaired) electrons. The fourth-order valence-electron chi connectivity index (χ4n) is 2.79. The van der Waals surface area contributed by atoms with Crippen LogP contribution in [-0.2, 0) is 10.0 Å². The number of ether oxygens (including phenoxy) is 1. The van der Waals surface area contributed by atoms with Crippen LogP contribution in [0.2, 0.25) is 0 Å². The average Bonchev–Trinajstić information content (AvgIpc) is 2.70. The number of aromatic hydroxyl groups is 1. The molecule has 0 bridgehead atoms. The van der Waals surface area contributed by atoms with Crippen LogP contribution in [0.1, 0.15) is 10.4 Å². The van der Waals surface area contributed by atoms with Crippen LogP contribution >= 0.6 is 0 Å². The highest BCUT2D eigenvalue weighted by molar-refractivity contribution is 7.92. The summed E-state index contributed by atoms with van der Waals surface area (Å²) in [6, 6.07) is 15.1. The molecule has 3 N–H and O–H groups in total. The summed E-state index contributed by atoms with van der Waals surface area (Å²) in [5.41, 5.74) is 1.46. The molecule has 7 nitrogen and oxygen atoms in total. The second-order valence-electron chi connectivity index (χ2n) is 6.46. The summed E-state index contributed by atoms with van der Waals surface area (Å²) in [6.45, 7) is 0. The predicted molar refractivity (Wildman–Crippen MR) is 113 cm³/mol. The summed E-state index contributed by atoms with van der Waals surface area (Å²) in [4.78, 5) is 12.5. The molecule has 0 aromatic heterocycles. The molecule has 0 aliphatic carbocycles. The van der Waals surface area contributed by atoms with Crippen LogP contribution in [0.25, 0.3) is 11.1 Å². The Bertz CT molecular complexity index is 1190. The molecule has 1 amide bonds. The number of hydrogen-bond donors (Lipinski definition) is 3. The first-order valence-electron chi connectivity index (χ1n) is 8.73. The minimum absolute atomic E-state index is 0.0563. The van der Waals surface area contributed by atoms with Gasteiger partial charge in [-0.1, -0.05) is 24.3 Å². The zero-order chi connectivity index (χ0) is 21.9. The quantitative estimate of drug-likeness (QED) is 0.407. The van der Waals surface area contributed by atoms with Crippen molar-refractivity contribution in [2.45, 2.75) is 0 Å². The highest BCUT2D eigenvalue weighted by Crippen LogP contribution is 2.30. The van der Waals surface area contributed by atoms with Crippen molar-refractivity contribution < 1.29 is 27.4 Å². The maximum atomic E-state index is 14.4. The number of sulfonamides is 1. The van der Waals surface area contributed by atoms with E-state index >= 15 is 0 Å². The highest BCUT2D eigenvalue weighted by Gasteiger charge is 2.13. The van der Waals surface area contributed by atoms with Crippen LogP contribution in [0.4, 0.5) is 15.8 Å². The van der Waals surface area contributed by atoms with Gasteiger partial charge >= 0.3 is 0 Å². The number of benzene rings is 3. The molecule has 0 unspecified atom stereocenters. The number of anilines is 2. The first kappa shape index (κ1) is 21.1. The van der Waals surface area contributed by atoms with Crippen molar-refractivity contribution in [3.63, 3.8) is 0 Å². The van der Waals surface area contributed by atoms with Gasteiger partial charge in [-0.2, -0.15) is 0 Å². The van der Waals surface area contributed by atoms with Gasteiger partial charge in [0, 0.05) is 16.8 Å². The summed E-state index contributed by atoms with van der Waals surface area (Å²) in [5, 5.41) is 12.4. The molecule has 0 saturated carbocycles. The molecule has 3 aromatic rings. The van der Waals surface area contributed by atoms with Gasteiger partial charge < -0.3 is 15.2 Å². The zero-order valence-electron chi connectivity index (χ0n) is 16.1. The molecule has 0 atom stereocenters. The second kappa shape index (κ2) is 8.42. The van der Waals surface area contributed by atoms with Crippen LogP contribution in [0.3, 0.4) is 0 Å². The molecule has 0 spiro atoms. The Labute approximate surface area is 173 Å². The molecule has 0 fully saturated rings. The Morgan fingerprint density at radius 1 is 1.07 bits per heavy atom. The monoisotopic (exact) mass is 430 g/mol. The van der Waals surface area contributed by atoms with Crippen LogP contribution in [0.5, 0.6) is 11.5 Å². The molecular formula is C21H19FN2O5S. The summed E-state index contributed by atoms with van der Waals surface area (Å²) < 4.78 is 44.3. The molecule has 3 aromatic carbocycles. The van der Waals surface area contributed by atoms with E-state index in [1.165, 1.54) is 31.4 Å². The molecule has 0 aliphatic rings. The summed E-state index contributed by atoms with van der Waals surface area (Å²) in [6.07, 6.45) is 0.949. The fourth-order valence-corrected chi connectivity index (χ4v) is 3.35. The molecule has 0 aliphatic heterocycles. The Morgan fingerprint density at radius 2 is 1.77 bits per heavy atom. The Hall–Kier alpha value is -3.59. The van der Waals surface area contributed by atoms with E-state index in [0.717, 1.165) is 6.26 Å². The number of phenolic OH excluding ortho intramolecular Hbond substituents is 1. The third kappa shape index (κ3) is 4.87. The first-order valence-corrected chi connectivity index (χ1v) is 10.6. The van der Waals surface area contributed by atoms with Crippen molar-refractivity contribution in [3.8, 4) is 22.6 Å². The van der Waals surface area contributed by atoms with Gasteiger partial charge in [-0.15, -0.1) is 0 Å². The zero-order valence-corrected chi connectivity index (χ0v) is 17.0. The van der Waals surface area contributed by atoms with E-state index in [1.54, 1.807) is 36.4 Å². The number of halogens is 1. The lowest BCUT2D eigenvalue weighted by Crippen LogP contribution is -2.13. The Kier molecular flexibility index (Phi) is 5.93. The molecule has 0 saturated heterocycles.